The van der Waals surface area contributed by atoms with Crippen molar-refractivity contribution in [2.75, 3.05) is 25.0 Å². The zero-order valence-electron chi connectivity index (χ0n) is 12.7. The van der Waals surface area contributed by atoms with Crippen LogP contribution in [0.15, 0.2) is 24.3 Å². The van der Waals surface area contributed by atoms with Crippen molar-refractivity contribution < 1.29 is 0 Å². The van der Waals surface area contributed by atoms with Gasteiger partial charge in [-0.15, -0.1) is 0 Å². The van der Waals surface area contributed by atoms with Crippen LogP contribution in [0.1, 0.15) is 38.7 Å². The van der Waals surface area contributed by atoms with E-state index in [4.69, 9.17) is 0 Å². The van der Waals surface area contributed by atoms with Crippen LogP contribution in [0.25, 0.3) is 0 Å². The van der Waals surface area contributed by atoms with Crippen molar-refractivity contribution in [2.45, 2.75) is 46.1 Å². The topological polar surface area (TPSA) is 15.3 Å². The predicted octanol–water partition coefficient (Wildman–Crippen LogP) is 3.92. The number of anilines is 1. The van der Waals surface area contributed by atoms with E-state index in [2.05, 4.69) is 55.3 Å². The smallest absolute Gasteiger partial charge is 0.0342 e. The molecule has 1 aromatic rings. The molecule has 0 radical (unpaired) electrons. The summed E-state index contributed by atoms with van der Waals surface area (Å²) in [5, 5.41) is 3.67. The highest BCUT2D eigenvalue weighted by Crippen LogP contribution is 2.23. The van der Waals surface area contributed by atoms with Gasteiger partial charge < -0.3 is 10.2 Å². The number of piperidine rings is 1. The van der Waals surface area contributed by atoms with Gasteiger partial charge in [0.25, 0.3) is 0 Å². The molecular weight excluding hydrogens is 232 g/mol. The zero-order chi connectivity index (χ0) is 13.7. The molecule has 1 unspecified atom stereocenters. The van der Waals surface area contributed by atoms with Gasteiger partial charge in [0.2, 0.25) is 0 Å². The molecule has 1 atom stereocenters. The molecule has 19 heavy (non-hydrogen) atoms. The first-order valence-electron chi connectivity index (χ1n) is 7.74. The molecule has 2 rings (SSSR count). The maximum Gasteiger partial charge on any atom is 0.0342 e. The van der Waals surface area contributed by atoms with Crippen molar-refractivity contribution >= 4 is 5.69 Å². The van der Waals surface area contributed by atoms with Crippen molar-refractivity contribution in [2.24, 2.45) is 5.92 Å². The van der Waals surface area contributed by atoms with E-state index in [1.165, 1.54) is 50.1 Å². The first-order valence-corrected chi connectivity index (χ1v) is 7.74. The third-order valence-corrected chi connectivity index (χ3v) is 4.33. The van der Waals surface area contributed by atoms with Crippen molar-refractivity contribution in [3.05, 3.63) is 29.8 Å². The van der Waals surface area contributed by atoms with Gasteiger partial charge in [0.1, 0.15) is 0 Å². The van der Waals surface area contributed by atoms with Crippen LogP contribution in [-0.2, 0) is 0 Å². The second-order valence-corrected chi connectivity index (χ2v) is 5.98. The second-order valence-electron chi connectivity index (χ2n) is 5.98. The molecular formula is C17H28N2. The highest BCUT2D eigenvalue weighted by atomic mass is 15.1. The average molecular weight is 260 g/mol. The fourth-order valence-corrected chi connectivity index (χ4v) is 3.02. The van der Waals surface area contributed by atoms with Gasteiger partial charge in [0.15, 0.2) is 0 Å². The first kappa shape index (κ1) is 14.4. The van der Waals surface area contributed by atoms with Crippen LogP contribution in [0.2, 0.25) is 0 Å². The van der Waals surface area contributed by atoms with Crippen molar-refractivity contribution in [1.82, 2.24) is 4.90 Å². The van der Waals surface area contributed by atoms with Gasteiger partial charge >= 0.3 is 0 Å². The van der Waals surface area contributed by atoms with Gasteiger partial charge in [-0.25, -0.2) is 0 Å². The Kier molecular flexibility index (Phi) is 5.26. The molecule has 0 spiro atoms. The normalized spacial score (nSPS) is 19.3. The minimum atomic E-state index is 0.575. The number of likely N-dealkylation sites (tertiary alicyclic amines) is 1. The number of nitrogens with one attached hydrogen (secondary N) is 1. The van der Waals surface area contributed by atoms with Gasteiger partial charge in [-0.2, -0.15) is 0 Å². The number of aryl methyl sites for hydroxylation is 1. The molecule has 0 bridgehead atoms. The van der Waals surface area contributed by atoms with Crippen LogP contribution >= 0.6 is 0 Å². The molecule has 1 aromatic carbocycles. The van der Waals surface area contributed by atoms with Crippen LogP contribution in [0.4, 0.5) is 5.69 Å². The molecule has 1 N–H and O–H groups in total. The second kappa shape index (κ2) is 6.95. The third-order valence-electron chi connectivity index (χ3n) is 4.33. The highest BCUT2D eigenvalue weighted by molar-refractivity contribution is 5.45. The summed E-state index contributed by atoms with van der Waals surface area (Å²) in [6.45, 7) is 10.6. The monoisotopic (exact) mass is 260 g/mol. The van der Waals surface area contributed by atoms with E-state index in [0.717, 1.165) is 5.92 Å². The summed E-state index contributed by atoms with van der Waals surface area (Å²) in [6, 6.07) is 9.32. The summed E-state index contributed by atoms with van der Waals surface area (Å²) in [6.07, 6.45) is 3.95. The summed E-state index contributed by atoms with van der Waals surface area (Å²) < 4.78 is 0. The summed E-state index contributed by atoms with van der Waals surface area (Å²) in [7, 11) is 0. The zero-order valence-corrected chi connectivity index (χ0v) is 12.7. The molecule has 2 nitrogen and oxygen atoms in total. The van der Waals surface area contributed by atoms with Crippen molar-refractivity contribution in [1.29, 1.82) is 0 Å². The molecule has 1 heterocycles. The van der Waals surface area contributed by atoms with Gasteiger partial charge in [0.05, 0.1) is 0 Å². The lowest BCUT2D eigenvalue weighted by atomic mass is 9.90. The average Bonchev–Trinajstić information content (AvgIpc) is 2.42. The first-order chi connectivity index (χ1) is 9.19. The molecule has 0 aliphatic carbocycles. The number of hydrogen-bond donors (Lipinski definition) is 1. The maximum atomic E-state index is 3.67. The Balaban J connectivity index is 1.81. The lowest BCUT2D eigenvalue weighted by Crippen LogP contribution is -2.39. The van der Waals surface area contributed by atoms with Crippen molar-refractivity contribution in [3.63, 3.8) is 0 Å². The Labute approximate surface area is 118 Å². The van der Waals surface area contributed by atoms with E-state index in [-0.39, 0.29) is 0 Å². The number of hydrogen-bond acceptors (Lipinski definition) is 2. The highest BCUT2D eigenvalue weighted by Gasteiger charge is 2.23. The molecule has 0 aromatic heterocycles. The fourth-order valence-electron chi connectivity index (χ4n) is 3.02. The molecule has 0 amide bonds. The van der Waals surface area contributed by atoms with Crippen LogP contribution in [-0.4, -0.2) is 30.6 Å². The molecule has 1 aliphatic rings. The summed E-state index contributed by atoms with van der Waals surface area (Å²) in [5.74, 6) is 0.814. The van der Waals surface area contributed by atoms with Crippen LogP contribution in [0.5, 0.6) is 0 Å². The lowest BCUT2D eigenvalue weighted by Gasteiger charge is -2.35. The Hall–Kier alpha value is -1.02. The number of rotatable bonds is 5. The Morgan fingerprint density at radius 2 is 1.84 bits per heavy atom. The molecule has 1 aliphatic heterocycles. The SMILES string of the molecule is CCCN1CCC(C(C)Nc2ccc(C)cc2)CC1. The van der Waals surface area contributed by atoms with E-state index in [1.807, 2.05) is 0 Å². The van der Waals surface area contributed by atoms with Gasteiger partial charge in [-0.1, -0.05) is 24.6 Å². The van der Waals surface area contributed by atoms with E-state index in [0.29, 0.717) is 6.04 Å². The Bertz CT molecular complexity index is 363. The largest absolute Gasteiger partial charge is 0.382 e. The van der Waals surface area contributed by atoms with Crippen molar-refractivity contribution in [3.8, 4) is 0 Å². The molecule has 106 valence electrons. The lowest BCUT2D eigenvalue weighted by molar-refractivity contribution is 0.176. The molecule has 1 saturated heterocycles. The Morgan fingerprint density at radius 1 is 1.21 bits per heavy atom. The molecule has 0 saturated carbocycles. The maximum absolute atomic E-state index is 3.67. The minimum Gasteiger partial charge on any atom is -0.382 e. The van der Waals surface area contributed by atoms with Gasteiger partial charge in [0, 0.05) is 11.7 Å². The molecule has 2 heteroatoms. The van der Waals surface area contributed by atoms with Crippen LogP contribution < -0.4 is 5.32 Å². The fraction of sp³-hybridized carbons (Fsp3) is 0.647. The van der Waals surface area contributed by atoms with Crippen LogP contribution in [0.3, 0.4) is 0 Å². The summed E-state index contributed by atoms with van der Waals surface area (Å²) >= 11 is 0. The van der Waals surface area contributed by atoms with E-state index < -0.39 is 0 Å². The molecule has 1 fully saturated rings. The van der Waals surface area contributed by atoms with E-state index in [1.54, 1.807) is 0 Å². The van der Waals surface area contributed by atoms with Gasteiger partial charge in [-0.3, -0.25) is 0 Å². The van der Waals surface area contributed by atoms with E-state index >= 15 is 0 Å². The summed E-state index contributed by atoms with van der Waals surface area (Å²) in [5.41, 5.74) is 2.58. The standard InChI is InChI=1S/C17H28N2/c1-4-11-19-12-9-16(10-13-19)15(3)18-17-7-5-14(2)6-8-17/h5-8,15-16,18H,4,9-13H2,1-3H3. The van der Waals surface area contributed by atoms with E-state index in [9.17, 15) is 0 Å². The quantitative estimate of drug-likeness (QED) is 0.863. The third kappa shape index (κ3) is 4.24. The van der Waals surface area contributed by atoms with Gasteiger partial charge in [-0.05, 0) is 70.8 Å². The minimum absolute atomic E-state index is 0.575. The number of nitrogens with zero attached hydrogens (tertiary/aromatic N) is 1. The predicted molar refractivity (Wildman–Crippen MR) is 83.7 cm³/mol. The number of benzene rings is 1. The van der Waals surface area contributed by atoms with Crippen LogP contribution in [0, 0.1) is 12.8 Å². The summed E-state index contributed by atoms with van der Waals surface area (Å²) in [4.78, 5) is 2.61. The Morgan fingerprint density at radius 3 is 2.42 bits per heavy atom.